The van der Waals surface area contributed by atoms with Gasteiger partial charge in [0.25, 0.3) is 0 Å². The number of ketones is 1. The van der Waals surface area contributed by atoms with E-state index in [1.165, 1.54) is 24.6 Å². The summed E-state index contributed by atoms with van der Waals surface area (Å²) in [5, 5.41) is 0. The van der Waals surface area contributed by atoms with Crippen molar-refractivity contribution in [2.24, 2.45) is 0 Å². The van der Waals surface area contributed by atoms with Crippen LogP contribution in [0.3, 0.4) is 0 Å². The maximum Gasteiger partial charge on any atom is 0.222 e. The number of sulfonamides is 1. The zero-order chi connectivity index (χ0) is 20.0. The van der Waals surface area contributed by atoms with Gasteiger partial charge in [-0.15, -0.1) is 0 Å². The van der Waals surface area contributed by atoms with E-state index in [4.69, 9.17) is 9.47 Å². The molecule has 0 N–H and O–H groups in total. The van der Waals surface area contributed by atoms with Crippen molar-refractivity contribution < 1.29 is 27.5 Å². The van der Waals surface area contributed by atoms with Gasteiger partial charge in [0, 0.05) is 38.2 Å². The first-order chi connectivity index (χ1) is 12.7. The molecule has 0 saturated carbocycles. The predicted octanol–water partition coefficient (Wildman–Crippen LogP) is 1.16. The lowest BCUT2D eigenvalue weighted by Gasteiger charge is -2.33. The molecule has 0 bridgehead atoms. The Kier molecular flexibility index (Phi) is 7.20. The molecule has 8 nitrogen and oxygen atoms in total. The van der Waals surface area contributed by atoms with Gasteiger partial charge >= 0.3 is 0 Å². The molecule has 27 heavy (non-hydrogen) atoms. The highest BCUT2D eigenvalue weighted by Gasteiger charge is 2.25. The molecule has 0 unspecified atom stereocenters. The van der Waals surface area contributed by atoms with Crippen LogP contribution >= 0.6 is 0 Å². The highest BCUT2D eigenvalue weighted by Crippen LogP contribution is 2.28. The third-order valence-electron chi connectivity index (χ3n) is 4.42. The Bertz CT molecular complexity index is 785. The quantitative estimate of drug-likeness (QED) is 0.482. The summed E-state index contributed by atoms with van der Waals surface area (Å²) in [5.74, 6) is 0.940. The van der Waals surface area contributed by atoms with Crippen LogP contribution in [-0.2, 0) is 14.8 Å². The second-order valence-corrected chi connectivity index (χ2v) is 8.40. The molecule has 1 fully saturated rings. The van der Waals surface area contributed by atoms with Gasteiger partial charge in [0.1, 0.15) is 0 Å². The second kappa shape index (κ2) is 9.18. The number of carbonyl (C=O) groups is 2. The van der Waals surface area contributed by atoms with Crippen LogP contribution < -0.4 is 9.47 Å². The summed E-state index contributed by atoms with van der Waals surface area (Å²) in [6.07, 6.45) is 2.04. The molecule has 0 spiro atoms. The number of Topliss-reactive ketones (excluding diaryl/α,β-unsaturated/α-hetero) is 1. The molecule has 0 aromatic heterocycles. The van der Waals surface area contributed by atoms with E-state index in [0.29, 0.717) is 62.7 Å². The van der Waals surface area contributed by atoms with Crippen LogP contribution in [0.15, 0.2) is 18.2 Å². The Morgan fingerprint density at radius 2 is 1.78 bits per heavy atom. The molecule has 9 heteroatoms. The number of benzene rings is 1. The van der Waals surface area contributed by atoms with Crippen LogP contribution in [0.2, 0.25) is 0 Å². The van der Waals surface area contributed by atoms with Gasteiger partial charge in [0.2, 0.25) is 15.9 Å². The number of nitrogens with zero attached hydrogens (tertiary/aromatic N) is 2. The third kappa shape index (κ3) is 5.93. The van der Waals surface area contributed by atoms with Crippen molar-refractivity contribution in [1.29, 1.82) is 0 Å². The zero-order valence-electron chi connectivity index (χ0n) is 15.9. The van der Waals surface area contributed by atoms with E-state index in [1.807, 2.05) is 0 Å². The van der Waals surface area contributed by atoms with Gasteiger partial charge in [-0.3, -0.25) is 9.59 Å². The van der Waals surface area contributed by atoms with Crippen LogP contribution in [0.5, 0.6) is 11.5 Å². The zero-order valence-corrected chi connectivity index (χ0v) is 16.8. The molecule has 0 atom stereocenters. The van der Waals surface area contributed by atoms with Gasteiger partial charge in [-0.2, -0.15) is 4.31 Å². The van der Waals surface area contributed by atoms with Gasteiger partial charge in [-0.25, -0.2) is 8.42 Å². The van der Waals surface area contributed by atoms with E-state index in [-0.39, 0.29) is 11.7 Å². The van der Waals surface area contributed by atoms with Gasteiger partial charge < -0.3 is 14.4 Å². The topological polar surface area (TPSA) is 93.2 Å². The first kappa shape index (κ1) is 21.2. The second-order valence-electron chi connectivity index (χ2n) is 6.42. The lowest BCUT2D eigenvalue weighted by atomic mass is 10.1. The molecule has 2 rings (SSSR count). The number of rotatable bonds is 8. The molecule has 1 amide bonds. The van der Waals surface area contributed by atoms with Gasteiger partial charge in [0.05, 0.1) is 20.0 Å². The number of piperazine rings is 1. The largest absolute Gasteiger partial charge is 0.493 e. The Balaban J connectivity index is 1.77. The molecule has 1 aromatic rings. The minimum atomic E-state index is -3.20. The van der Waals surface area contributed by atoms with E-state index < -0.39 is 10.0 Å². The molecule has 1 saturated heterocycles. The van der Waals surface area contributed by atoms with Crippen molar-refractivity contribution in [2.75, 3.05) is 46.2 Å². The minimum Gasteiger partial charge on any atom is -0.493 e. The Hall–Kier alpha value is -2.13. The van der Waals surface area contributed by atoms with Crippen LogP contribution in [0, 0.1) is 0 Å². The summed E-state index contributed by atoms with van der Waals surface area (Å²) in [4.78, 5) is 25.3. The Labute approximate surface area is 160 Å². The highest BCUT2D eigenvalue weighted by molar-refractivity contribution is 7.88. The van der Waals surface area contributed by atoms with Crippen LogP contribution in [0.25, 0.3) is 0 Å². The summed E-state index contributed by atoms with van der Waals surface area (Å²) in [7, 11) is -1.69. The first-order valence-corrected chi connectivity index (χ1v) is 10.6. The van der Waals surface area contributed by atoms with Crippen molar-refractivity contribution in [2.45, 2.75) is 19.8 Å². The molecule has 1 aliphatic rings. The number of methoxy groups -OCH3 is 1. The van der Waals surface area contributed by atoms with Crippen molar-refractivity contribution in [3.63, 3.8) is 0 Å². The summed E-state index contributed by atoms with van der Waals surface area (Å²) in [6.45, 7) is 3.31. The average molecular weight is 398 g/mol. The van der Waals surface area contributed by atoms with E-state index >= 15 is 0 Å². The summed E-state index contributed by atoms with van der Waals surface area (Å²) in [6, 6.07) is 4.98. The number of hydrogen-bond acceptors (Lipinski definition) is 6. The van der Waals surface area contributed by atoms with Crippen molar-refractivity contribution in [3.05, 3.63) is 23.8 Å². The van der Waals surface area contributed by atoms with Gasteiger partial charge in [-0.05, 0) is 31.5 Å². The van der Waals surface area contributed by atoms with Crippen LogP contribution in [-0.4, -0.2) is 75.5 Å². The normalized spacial score (nSPS) is 15.4. The Morgan fingerprint density at radius 3 is 2.33 bits per heavy atom. The monoisotopic (exact) mass is 398 g/mol. The highest BCUT2D eigenvalue weighted by atomic mass is 32.2. The fourth-order valence-corrected chi connectivity index (χ4v) is 3.67. The summed E-state index contributed by atoms with van der Waals surface area (Å²) >= 11 is 0. The molecule has 0 aliphatic carbocycles. The van der Waals surface area contributed by atoms with E-state index in [9.17, 15) is 18.0 Å². The van der Waals surface area contributed by atoms with Crippen LogP contribution in [0.1, 0.15) is 30.1 Å². The lowest BCUT2D eigenvalue weighted by Crippen LogP contribution is -2.50. The summed E-state index contributed by atoms with van der Waals surface area (Å²) in [5.41, 5.74) is 0.544. The smallest absolute Gasteiger partial charge is 0.222 e. The average Bonchev–Trinajstić information content (AvgIpc) is 2.64. The predicted molar refractivity (Wildman–Crippen MR) is 101 cm³/mol. The standard InChI is InChI=1S/C18H26N2O6S/c1-14(21)15-6-7-16(17(13-15)25-2)26-12-4-5-18(22)19-8-10-20(11-9-19)27(3,23)24/h6-7,13H,4-5,8-12H2,1-3H3. The number of ether oxygens (including phenoxy) is 2. The number of hydrogen-bond donors (Lipinski definition) is 0. The van der Waals surface area contributed by atoms with Crippen molar-refractivity contribution in [3.8, 4) is 11.5 Å². The fourth-order valence-electron chi connectivity index (χ4n) is 2.84. The van der Waals surface area contributed by atoms with Gasteiger partial charge in [0.15, 0.2) is 17.3 Å². The first-order valence-electron chi connectivity index (χ1n) is 8.77. The molecule has 1 aliphatic heterocycles. The maximum atomic E-state index is 12.2. The number of amides is 1. The molecule has 150 valence electrons. The Morgan fingerprint density at radius 1 is 1.11 bits per heavy atom. The maximum absolute atomic E-state index is 12.2. The summed E-state index contributed by atoms with van der Waals surface area (Å²) < 4.78 is 35.3. The van der Waals surface area contributed by atoms with E-state index in [0.717, 1.165) is 0 Å². The minimum absolute atomic E-state index is 0.00866. The SMILES string of the molecule is COc1cc(C(C)=O)ccc1OCCCC(=O)N1CCN(S(C)(=O)=O)CC1. The molecule has 1 aromatic carbocycles. The molecular weight excluding hydrogens is 372 g/mol. The van der Waals surface area contributed by atoms with Crippen molar-refractivity contribution in [1.82, 2.24) is 9.21 Å². The fraction of sp³-hybridized carbons (Fsp3) is 0.556. The van der Waals surface area contributed by atoms with Gasteiger partial charge in [-0.1, -0.05) is 0 Å². The molecule has 1 heterocycles. The van der Waals surface area contributed by atoms with E-state index in [2.05, 4.69) is 0 Å². The van der Waals surface area contributed by atoms with E-state index in [1.54, 1.807) is 23.1 Å². The number of carbonyl (C=O) groups excluding carboxylic acids is 2. The van der Waals surface area contributed by atoms with Crippen LogP contribution in [0.4, 0.5) is 0 Å². The molecular formula is C18H26N2O6S. The van der Waals surface area contributed by atoms with Crippen molar-refractivity contribution >= 4 is 21.7 Å². The third-order valence-corrected chi connectivity index (χ3v) is 5.73. The molecule has 0 radical (unpaired) electrons. The lowest BCUT2D eigenvalue weighted by molar-refractivity contribution is -0.132.